The van der Waals surface area contributed by atoms with Crippen molar-refractivity contribution in [2.45, 2.75) is 6.92 Å². The summed E-state index contributed by atoms with van der Waals surface area (Å²) in [6.45, 7) is 1.06. The fourth-order valence-electron chi connectivity index (χ4n) is 1.46. The van der Waals surface area contributed by atoms with Crippen LogP contribution in [0.4, 0.5) is 14.9 Å². The Balaban J connectivity index is 2.17. The van der Waals surface area contributed by atoms with Gasteiger partial charge < -0.3 is 14.8 Å². The molecule has 0 aromatic heterocycles. The first-order valence-corrected chi connectivity index (χ1v) is 8.31. The smallest absolute Gasteiger partial charge is 0.413 e. The van der Waals surface area contributed by atoms with E-state index in [1.54, 1.807) is 6.92 Å². The summed E-state index contributed by atoms with van der Waals surface area (Å²) in [6, 6.07) is 5.24. The molecule has 3 amide bonds. The summed E-state index contributed by atoms with van der Waals surface area (Å²) >= 11 is 0.982. The van der Waals surface area contributed by atoms with Gasteiger partial charge in [0.15, 0.2) is 6.61 Å². The van der Waals surface area contributed by atoms with Crippen LogP contribution >= 0.6 is 11.8 Å². The van der Waals surface area contributed by atoms with E-state index in [-0.39, 0.29) is 24.0 Å². The maximum absolute atomic E-state index is 12.7. The Kier molecular flexibility index (Phi) is 9.01. The highest BCUT2D eigenvalue weighted by atomic mass is 32.2. The molecule has 0 aliphatic rings. The van der Waals surface area contributed by atoms with Crippen LogP contribution in [0.2, 0.25) is 0 Å². The zero-order valence-electron chi connectivity index (χ0n) is 13.4. The van der Waals surface area contributed by atoms with Gasteiger partial charge in [0.2, 0.25) is 5.91 Å². The number of rotatable bonds is 8. The second kappa shape index (κ2) is 11.0. The van der Waals surface area contributed by atoms with Gasteiger partial charge >= 0.3 is 12.1 Å². The zero-order valence-corrected chi connectivity index (χ0v) is 14.2. The SMILES string of the molecule is CCOC(=O)NC(=O)COC(=O)CSCC(=O)Nc1ccc(F)cc1. The lowest BCUT2D eigenvalue weighted by atomic mass is 10.3. The van der Waals surface area contributed by atoms with Gasteiger partial charge in [-0.2, -0.15) is 0 Å². The van der Waals surface area contributed by atoms with Crippen LogP contribution in [-0.4, -0.2) is 48.6 Å². The van der Waals surface area contributed by atoms with Gasteiger partial charge in [-0.05, 0) is 31.2 Å². The van der Waals surface area contributed by atoms with Crippen molar-refractivity contribution in [2.24, 2.45) is 0 Å². The molecule has 0 spiro atoms. The minimum atomic E-state index is -0.921. The van der Waals surface area contributed by atoms with Crippen LogP contribution in [0.5, 0.6) is 0 Å². The van der Waals surface area contributed by atoms with Crippen molar-refractivity contribution in [2.75, 3.05) is 30.0 Å². The zero-order chi connectivity index (χ0) is 18.7. The Morgan fingerprint density at radius 1 is 1.04 bits per heavy atom. The van der Waals surface area contributed by atoms with Crippen molar-refractivity contribution in [3.05, 3.63) is 30.1 Å². The van der Waals surface area contributed by atoms with Gasteiger partial charge in [0.1, 0.15) is 5.82 Å². The number of anilines is 1. The fraction of sp³-hybridized carbons (Fsp3) is 0.333. The second-order valence-electron chi connectivity index (χ2n) is 4.48. The molecule has 1 aromatic rings. The summed E-state index contributed by atoms with van der Waals surface area (Å²) in [6.07, 6.45) is -0.921. The summed E-state index contributed by atoms with van der Waals surface area (Å²) in [7, 11) is 0. The molecule has 0 bridgehead atoms. The molecule has 10 heteroatoms. The van der Waals surface area contributed by atoms with E-state index < -0.39 is 30.4 Å². The van der Waals surface area contributed by atoms with Gasteiger partial charge in [0.05, 0.1) is 18.1 Å². The highest BCUT2D eigenvalue weighted by molar-refractivity contribution is 8.00. The molecule has 0 atom stereocenters. The normalized spacial score (nSPS) is 9.84. The molecular formula is C15H17FN2O6S. The lowest BCUT2D eigenvalue weighted by molar-refractivity contribution is -0.145. The van der Waals surface area contributed by atoms with E-state index in [0.717, 1.165) is 11.8 Å². The minimum Gasteiger partial charge on any atom is -0.455 e. The topological polar surface area (TPSA) is 111 Å². The van der Waals surface area contributed by atoms with Crippen LogP contribution in [0.3, 0.4) is 0 Å². The fourth-order valence-corrected chi connectivity index (χ4v) is 2.07. The number of thioether (sulfide) groups is 1. The molecule has 1 rings (SSSR count). The third-order valence-corrected chi connectivity index (χ3v) is 3.37. The van der Waals surface area contributed by atoms with E-state index in [4.69, 9.17) is 0 Å². The molecule has 0 heterocycles. The number of carbonyl (C=O) groups is 4. The lowest BCUT2D eigenvalue weighted by Gasteiger charge is -2.06. The third-order valence-electron chi connectivity index (χ3n) is 2.46. The van der Waals surface area contributed by atoms with Crippen molar-refractivity contribution in [3.8, 4) is 0 Å². The number of imide groups is 1. The number of benzene rings is 1. The molecule has 0 aliphatic heterocycles. The third kappa shape index (κ3) is 9.30. The number of amides is 3. The first-order valence-electron chi connectivity index (χ1n) is 7.16. The second-order valence-corrected chi connectivity index (χ2v) is 5.46. The van der Waals surface area contributed by atoms with Gasteiger partial charge in [-0.25, -0.2) is 9.18 Å². The van der Waals surface area contributed by atoms with Gasteiger partial charge in [0, 0.05) is 5.69 Å². The van der Waals surface area contributed by atoms with E-state index in [9.17, 15) is 23.6 Å². The van der Waals surface area contributed by atoms with Crippen LogP contribution in [0.15, 0.2) is 24.3 Å². The number of nitrogens with one attached hydrogen (secondary N) is 2. The highest BCUT2D eigenvalue weighted by Crippen LogP contribution is 2.09. The molecule has 0 saturated carbocycles. The molecule has 8 nitrogen and oxygen atoms in total. The Labute approximate surface area is 147 Å². The molecule has 25 heavy (non-hydrogen) atoms. The van der Waals surface area contributed by atoms with Crippen LogP contribution < -0.4 is 10.6 Å². The Hall–Kier alpha value is -2.62. The average Bonchev–Trinajstić information content (AvgIpc) is 2.55. The van der Waals surface area contributed by atoms with Crippen molar-refractivity contribution in [1.29, 1.82) is 0 Å². The Bertz CT molecular complexity index is 623. The molecule has 2 N–H and O–H groups in total. The van der Waals surface area contributed by atoms with Crippen LogP contribution in [0, 0.1) is 5.82 Å². The minimum absolute atomic E-state index is 0.0263. The summed E-state index contributed by atoms with van der Waals surface area (Å²) in [5.41, 5.74) is 0.435. The maximum atomic E-state index is 12.7. The van der Waals surface area contributed by atoms with E-state index in [0.29, 0.717) is 5.69 Å². The van der Waals surface area contributed by atoms with Crippen LogP contribution in [-0.2, 0) is 23.9 Å². The molecule has 0 saturated heterocycles. The summed E-state index contributed by atoms with van der Waals surface area (Å²) in [5.74, 6) is -2.48. The number of hydrogen-bond donors (Lipinski definition) is 2. The van der Waals surface area contributed by atoms with Crippen molar-refractivity contribution >= 4 is 41.3 Å². The van der Waals surface area contributed by atoms with Crippen molar-refractivity contribution in [3.63, 3.8) is 0 Å². The first kappa shape index (κ1) is 20.4. The Morgan fingerprint density at radius 3 is 2.36 bits per heavy atom. The van der Waals surface area contributed by atoms with E-state index in [1.165, 1.54) is 24.3 Å². The number of hydrogen-bond acceptors (Lipinski definition) is 7. The van der Waals surface area contributed by atoms with E-state index in [1.807, 2.05) is 5.32 Å². The van der Waals surface area contributed by atoms with Crippen LogP contribution in [0.1, 0.15) is 6.92 Å². The highest BCUT2D eigenvalue weighted by Gasteiger charge is 2.12. The first-order chi connectivity index (χ1) is 11.9. The summed E-state index contributed by atoms with van der Waals surface area (Å²) < 4.78 is 21.9. The molecular weight excluding hydrogens is 355 g/mol. The number of alkyl carbamates (subject to hydrolysis) is 1. The summed E-state index contributed by atoms with van der Waals surface area (Å²) in [4.78, 5) is 45.3. The van der Waals surface area contributed by atoms with E-state index in [2.05, 4.69) is 14.8 Å². The monoisotopic (exact) mass is 372 g/mol. The molecule has 1 aromatic carbocycles. The number of esters is 1. The molecule has 0 radical (unpaired) electrons. The van der Waals surface area contributed by atoms with Crippen molar-refractivity contribution < 1.29 is 33.0 Å². The Morgan fingerprint density at radius 2 is 1.72 bits per heavy atom. The van der Waals surface area contributed by atoms with Gasteiger partial charge in [-0.3, -0.25) is 19.7 Å². The van der Waals surface area contributed by atoms with Crippen LogP contribution in [0.25, 0.3) is 0 Å². The number of halogens is 1. The largest absolute Gasteiger partial charge is 0.455 e. The van der Waals surface area contributed by atoms with Gasteiger partial charge in [0.25, 0.3) is 5.91 Å². The lowest BCUT2D eigenvalue weighted by Crippen LogP contribution is -2.34. The van der Waals surface area contributed by atoms with Gasteiger partial charge in [-0.15, -0.1) is 11.8 Å². The maximum Gasteiger partial charge on any atom is 0.413 e. The van der Waals surface area contributed by atoms with Crippen molar-refractivity contribution in [1.82, 2.24) is 5.32 Å². The molecule has 0 fully saturated rings. The predicted molar refractivity (Wildman–Crippen MR) is 88.5 cm³/mol. The molecule has 0 unspecified atom stereocenters. The van der Waals surface area contributed by atoms with E-state index >= 15 is 0 Å². The predicted octanol–water partition coefficient (Wildman–Crippen LogP) is 1.31. The number of ether oxygens (including phenoxy) is 2. The molecule has 136 valence electrons. The van der Waals surface area contributed by atoms with Gasteiger partial charge in [-0.1, -0.05) is 0 Å². The average molecular weight is 372 g/mol. The number of carbonyl (C=O) groups excluding carboxylic acids is 4. The summed E-state index contributed by atoms with van der Waals surface area (Å²) in [5, 5.41) is 4.40. The molecule has 0 aliphatic carbocycles. The quantitative estimate of drug-likeness (QED) is 0.662. The standard InChI is InChI=1S/C15H17FN2O6S/c1-2-23-15(22)18-12(19)7-24-14(21)9-25-8-13(20)17-11-5-3-10(16)4-6-11/h3-6H,2,7-9H2,1H3,(H,17,20)(H,18,19,22).